The van der Waals surface area contributed by atoms with E-state index in [-0.39, 0.29) is 36.2 Å². The molecular formula is C25H25N3O4. The first-order chi connectivity index (χ1) is 15.6. The van der Waals surface area contributed by atoms with Crippen LogP contribution >= 0.6 is 0 Å². The molecule has 0 spiro atoms. The smallest absolute Gasteiger partial charge is 0.253 e. The lowest BCUT2D eigenvalue weighted by Gasteiger charge is -2.15. The number of rotatable bonds is 9. The molecule has 1 aliphatic rings. The van der Waals surface area contributed by atoms with Gasteiger partial charge in [-0.05, 0) is 37.1 Å². The highest BCUT2D eigenvalue weighted by Gasteiger charge is 2.22. The number of imide groups is 1. The van der Waals surface area contributed by atoms with Gasteiger partial charge in [-0.2, -0.15) is 0 Å². The molecule has 32 heavy (non-hydrogen) atoms. The van der Waals surface area contributed by atoms with Gasteiger partial charge in [0.1, 0.15) is 0 Å². The number of fused-ring (bicyclic) bond motifs is 2. The van der Waals surface area contributed by atoms with Crippen molar-refractivity contribution in [2.45, 2.75) is 32.2 Å². The summed E-state index contributed by atoms with van der Waals surface area (Å²) in [6, 6.07) is 15.3. The number of aryl methyl sites for hydroxylation is 1. The van der Waals surface area contributed by atoms with Crippen LogP contribution < -0.4 is 10.7 Å². The van der Waals surface area contributed by atoms with Crippen molar-refractivity contribution in [3.05, 3.63) is 70.9 Å². The van der Waals surface area contributed by atoms with Crippen LogP contribution in [0.5, 0.6) is 0 Å². The van der Waals surface area contributed by atoms with Crippen molar-refractivity contribution < 1.29 is 14.4 Å². The normalized spacial score (nSPS) is 13.4. The number of nitrogens with zero attached hydrogens (tertiary/aromatic N) is 2. The fraction of sp³-hybridized carbons (Fsp3) is 0.280. The minimum atomic E-state index is -0.341. The van der Waals surface area contributed by atoms with Crippen LogP contribution in [0.1, 0.15) is 25.7 Å². The minimum absolute atomic E-state index is 0.0530. The first kappa shape index (κ1) is 21.5. The van der Waals surface area contributed by atoms with E-state index in [1.807, 2.05) is 48.5 Å². The van der Waals surface area contributed by atoms with Gasteiger partial charge in [-0.25, -0.2) is 0 Å². The van der Waals surface area contributed by atoms with Crippen LogP contribution in [0.2, 0.25) is 0 Å². The third-order valence-corrected chi connectivity index (χ3v) is 5.72. The van der Waals surface area contributed by atoms with Crippen LogP contribution in [0, 0.1) is 0 Å². The molecule has 4 rings (SSSR count). The maximum absolute atomic E-state index is 12.8. The van der Waals surface area contributed by atoms with E-state index in [4.69, 9.17) is 0 Å². The Morgan fingerprint density at radius 1 is 0.750 bits per heavy atom. The van der Waals surface area contributed by atoms with Crippen molar-refractivity contribution in [3.8, 4) is 0 Å². The first-order valence-electron chi connectivity index (χ1n) is 10.9. The van der Waals surface area contributed by atoms with Crippen molar-refractivity contribution in [1.29, 1.82) is 0 Å². The van der Waals surface area contributed by atoms with Gasteiger partial charge in [-0.15, -0.1) is 0 Å². The van der Waals surface area contributed by atoms with Crippen LogP contribution in [0.3, 0.4) is 0 Å². The van der Waals surface area contributed by atoms with Gasteiger partial charge in [0.05, 0.1) is 11.0 Å². The lowest BCUT2D eigenvalue weighted by Crippen LogP contribution is -2.38. The second-order valence-corrected chi connectivity index (χ2v) is 7.84. The number of unbranched alkanes of at least 4 members (excludes halogenated alkanes) is 2. The van der Waals surface area contributed by atoms with E-state index in [1.54, 1.807) is 0 Å². The molecule has 7 heteroatoms. The zero-order chi connectivity index (χ0) is 22.5. The predicted molar refractivity (Wildman–Crippen MR) is 123 cm³/mol. The number of para-hydroxylation sites is 2. The van der Waals surface area contributed by atoms with Crippen molar-refractivity contribution >= 4 is 39.5 Å². The van der Waals surface area contributed by atoms with Gasteiger partial charge >= 0.3 is 0 Å². The number of amides is 3. The number of hydrogen-bond donors (Lipinski definition) is 1. The predicted octanol–water partition coefficient (Wildman–Crippen LogP) is 2.76. The van der Waals surface area contributed by atoms with E-state index in [1.165, 1.54) is 12.2 Å². The van der Waals surface area contributed by atoms with Gasteiger partial charge in [0.2, 0.25) is 5.91 Å². The monoisotopic (exact) mass is 431 g/mol. The standard InChI is InChI=1S/C25H25N3O4/c29-22(26-15-17-28-23(30)13-14-24(28)31)12-2-1-7-16-27-20-10-5-3-8-18(20)25(32)19-9-4-6-11-21(19)27/h3-6,8-11,13-14H,1-2,7,12,15-17H2,(H,26,29). The topological polar surface area (TPSA) is 88.5 Å². The lowest BCUT2D eigenvalue weighted by molar-refractivity contribution is -0.137. The summed E-state index contributed by atoms with van der Waals surface area (Å²) in [4.78, 5) is 48.9. The average Bonchev–Trinajstić information content (AvgIpc) is 3.13. The Morgan fingerprint density at radius 2 is 1.34 bits per heavy atom. The van der Waals surface area contributed by atoms with E-state index in [0.717, 1.165) is 52.5 Å². The van der Waals surface area contributed by atoms with Gasteiger partial charge in [-0.1, -0.05) is 30.7 Å². The number of aromatic nitrogens is 1. The first-order valence-corrected chi connectivity index (χ1v) is 10.9. The molecule has 1 aromatic heterocycles. The summed E-state index contributed by atoms with van der Waals surface area (Å²) in [6.07, 6.45) is 5.36. The summed E-state index contributed by atoms with van der Waals surface area (Å²) in [6.45, 7) is 1.20. The molecule has 3 amide bonds. The van der Waals surface area contributed by atoms with Crippen LogP contribution in [0.25, 0.3) is 21.8 Å². The highest BCUT2D eigenvalue weighted by molar-refractivity contribution is 6.12. The van der Waals surface area contributed by atoms with Crippen molar-refractivity contribution in [3.63, 3.8) is 0 Å². The average molecular weight is 431 g/mol. The fourth-order valence-corrected chi connectivity index (χ4v) is 4.10. The van der Waals surface area contributed by atoms with Gasteiger partial charge in [0.25, 0.3) is 11.8 Å². The van der Waals surface area contributed by atoms with E-state index in [9.17, 15) is 19.2 Å². The van der Waals surface area contributed by atoms with Crippen LogP contribution in [0.15, 0.2) is 65.5 Å². The van der Waals surface area contributed by atoms with E-state index < -0.39 is 0 Å². The lowest BCUT2D eigenvalue weighted by atomic mass is 10.1. The van der Waals surface area contributed by atoms with Gasteiger partial charge in [0, 0.05) is 49.0 Å². The Bertz CT molecular complexity index is 1200. The second kappa shape index (κ2) is 9.60. The van der Waals surface area contributed by atoms with Gasteiger partial charge < -0.3 is 9.88 Å². The van der Waals surface area contributed by atoms with Crippen LogP contribution in [-0.4, -0.2) is 40.3 Å². The Morgan fingerprint density at radius 3 is 1.97 bits per heavy atom. The van der Waals surface area contributed by atoms with Gasteiger partial charge in [0.15, 0.2) is 5.43 Å². The number of nitrogens with one attached hydrogen (secondary N) is 1. The number of carbonyl (C=O) groups is 3. The number of carbonyl (C=O) groups excluding carboxylic acids is 3. The maximum atomic E-state index is 12.8. The zero-order valence-electron chi connectivity index (χ0n) is 17.8. The summed E-state index contributed by atoms with van der Waals surface area (Å²) in [5.41, 5.74) is 1.90. The quantitative estimate of drug-likeness (QED) is 0.321. The molecule has 164 valence electrons. The third-order valence-electron chi connectivity index (χ3n) is 5.72. The molecule has 0 bridgehead atoms. The molecule has 7 nitrogen and oxygen atoms in total. The van der Waals surface area contributed by atoms with E-state index in [2.05, 4.69) is 9.88 Å². The number of benzene rings is 2. The van der Waals surface area contributed by atoms with E-state index in [0.29, 0.717) is 6.42 Å². The molecule has 2 heterocycles. The van der Waals surface area contributed by atoms with Crippen molar-refractivity contribution in [2.75, 3.05) is 13.1 Å². The number of pyridine rings is 1. The Labute approximate surface area is 185 Å². The fourth-order valence-electron chi connectivity index (χ4n) is 4.10. The molecule has 0 saturated heterocycles. The van der Waals surface area contributed by atoms with Crippen LogP contribution in [0.4, 0.5) is 0 Å². The zero-order valence-corrected chi connectivity index (χ0v) is 17.8. The maximum Gasteiger partial charge on any atom is 0.253 e. The third kappa shape index (κ3) is 4.46. The molecule has 0 aliphatic carbocycles. The molecule has 0 atom stereocenters. The minimum Gasteiger partial charge on any atom is -0.354 e. The Kier molecular flexibility index (Phi) is 6.44. The molecule has 1 aliphatic heterocycles. The van der Waals surface area contributed by atoms with Crippen molar-refractivity contribution in [2.24, 2.45) is 0 Å². The molecule has 0 fully saturated rings. The highest BCUT2D eigenvalue weighted by Crippen LogP contribution is 2.20. The van der Waals surface area contributed by atoms with Gasteiger partial charge in [-0.3, -0.25) is 24.1 Å². The van der Waals surface area contributed by atoms with E-state index >= 15 is 0 Å². The molecule has 1 N–H and O–H groups in total. The molecule has 0 radical (unpaired) electrons. The molecule has 2 aromatic carbocycles. The molecule has 3 aromatic rings. The second-order valence-electron chi connectivity index (χ2n) is 7.84. The summed E-state index contributed by atoms with van der Waals surface area (Å²) in [5.74, 6) is -0.769. The molecule has 0 unspecified atom stereocenters. The number of hydrogen-bond acceptors (Lipinski definition) is 4. The summed E-state index contributed by atoms with van der Waals surface area (Å²) in [7, 11) is 0. The van der Waals surface area contributed by atoms with Crippen molar-refractivity contribution in [1.82, 2.24) is 14.8 Å². The summed E-state index contributed by atoms with van der Waals surface area (Å²) >= 11 is 0. The molecular weight excluding hydrogens is 406 g/mol. The SMILES string of the molecule is O=C(CCCCCn1c2ccccc2c(=O)c2ccccc21)NCCN1C(=O)C=CC1=O. The summed E-state index contributed by atoms with van der Waals surface area (Å²) < 4.78 is 2.18. The summed E-state index contributed by atoms with van der Waals surface area (Å²) in [5, 5.41) is 4.20. The highest BCUT2D eigenvalue weighted by atomic mass is 16.2. The van der Waals surface area contributed by atoms with Crippen LogP contribution in [-0.2, 0) is 20.9 Å². The Balaban J connectivity index is 1.28. The largest absolute Gasteiger partial charge is 0.354 e. The Hall–Kier alpha value is -3.74. The molecule has 0 saturated carbocycles.